The third-order valence-corrected chi connectivity index (χ3v) is 11.4. The second kappa shape index (κ2) is 12.3. The lowest BCUT2D eigenvalue weighted by atomic mass is 9.81. The first-order valence-electron chi connectivity index (χ1n) is 18.8. The Kier molecular flexibility index (Phi) is 6.96. The van der Waals surface area contributed by atoms with Crippen molar-refractivity contribution in [3.05, 3.63) is 200 Å². The lowest BCUT2D eigenvalue weighted by molar-refractivity contribution is 1.18. The van der Waals surface area contributed by atoms with Crippen molar-refractivity contribution in [2.24, 2.45) is 0 Å². The van der Waals surface area contributed by atoms with Crippen molar-refractivity contribution in [3.63, 3.8) is 0 Å². The number of rotatable bonds is 4. The van der Waals surface area contributed by atoms with E-state index in [9.17, 15) is 5.26 Å². The molecule has 1 aromatic heterocycles. The summed E-state index contributed by atoms with van der Waals surface area (Å²) in [6, 6.07) is 72.3. The molecule has 0 aliphatic rings. The molecule has 0 saturated carbocycles. The molecule has 0 aliphatic carbocycles. The molecule has 254 valence electrons. The van der Waals surface area contributed by atoms with Crippen molar-refractivity contribution < 1.29 is 0 Å². The van der Waals surface area contributed by atoms with Crippen molar-refractivity contribution >= 4 is 64.9 Å². The Labute approximate surface area is 318 Å². The van der Waals surface area contributed by atoms with Crippen LogP contribution < -0.4 is 0 Å². The third-order valence-electron chi connectivity index (χ3n) is 11.4. The van der Waals surface area contributed by atoms with Gasteiger partial charge in [0.05, 0.1) is 22.7 Å². The summed E-state index contributed by atoms with van der Waals surface area (Å²) in [6.45, 7) is 0. The number of nitriles is 1. The van der Waals surface area contributed by atoms with Gasteiger partial charge in [0, 0.05) is 16.5 Å². The summed E-state index contributed by atoms with van der Waals surface area (Å²) in [5, 5.41) is 22.0. The number of para-hydroxylation sites is 1. The van der Waals surface area contributed by atoms with Gasteiger partial charge in [0.2, 0.25) is 0 Å². The first kappa shape index (κ1) is 31.1. The molecule has 0 atom stereocenters. The minimum absolute atomic E-state index is 0.656. The summed E-state index contributed by atoms with van der Waals surface area (Å²) < 4.78 is 2.31. The smallest absolute Gasteiger partial charge is 0.0991 e. The van der Waals surface area contributed by atoms with E-state index in [2.05, 4.69) is 187 Å². The molecule has 55 heavy (non-hydrogen) atoms. The molecule has 0 amide bonds. The van der Waals surface area contributed by atoms with Crippen molar-refractivity contribution in [1.82, 2.24) is 4.57 Å². The largest absolute Gasteiger partial charge is 0.309 e. The molecule has 0 N–H and O–H groups in total. The fourth-order valence-electron chi connectivity index (χ4n) is 9.13. The second-order valence-electron chi connectivity index (χ2n) is 14.3. The maximum atomic E-state index is 9.93. The van der Waals surface area contributed by atoms with E-state index >= 15 is 0 Å². The summed E-state index contributed by atoms with van der Waals surface area (Å²) in [4.78, 5) is 0. The highest BCUT2D eigenvalue weighted by atomic mass is 15.0. The third kappa shape index (κ3) is 4.67. The zero-order chi connectivity index (χ0) is 36.5. The highest BCUT2D eigenvalue weighted by molar-refractivity contribution is 6.30. The van der Waals surface area contributed by atoms with Gasteiger partial charge >= 0.3 is 0 Å². The van der Waals surface area contributed by atoms with Gasteiger partial charge in [0.25, 0.3) is 0 Å². The molecule has 0 aliphatic heterocycles. The zero-order valence-corrected chi connectivity index (χ0v) is 29.9. The Bertz CT molecular complexity index is 3250. The monoisotopic (exact) mass is 696 g/mol. The average molecular weight is 697 g/mol. The molecule has 1 heterocycles. The Balaban J connectivity index is 1.26. The highest BCUT2D eigenvalue weighted by Gasteiger charge is 2.23. The van der Waals surface area contributed by atoms with Crippen LogP contribution >= 0.6 is 0 Å². The first-order valence-corrected chi connectivity index (χ1v) is 18.8. The topological polar surface area (TPSA) is 28.7 Å². The lowest BCUT2D eigenvalue weighted by Gasteiger charge is -2.22. The molecule has 10 aromatic carbocycles. The van der Waals surface area contributed by atoms with Gasteiger partial charge in [0.15, 0.2) is 0 Å². The fourth-order valence-corrected chi connectivity index (χ4v) is 9.13. The molecular formula is C53H32N2. The average Bonchev–Trinajstić information content (AvgIpc) is 3.58. The van der Waals surface area contributed by atoms with Gasteiger partial charge in [-0.1, -0.05) is 152 Å². The molecule has 0 radical (unpaired) electrons. The second-order valence-corrected chi connectivity index (χ2v) is 14.3. The number of fused-ring (bicyclic) bond motifs is 7. The lowest BCUT2D eigenvalue weighted by Crippen LogP contribution is -1.95. The first-order chi connectivity index (χ1) is 27.3. The van der Waals surface area contributed by atoms with E-state index in [4.69, 9.17) is 0 Å². The number of hydrogen-bond donors (Lipinski definition) is 0. The molecular weight excluding hydrogens is 665 g/mol. The SMILES string of the molecule is N#Cc1ccc2c(c1)c1cc(-c3c4ccccc4c(-c4c5ccccc5c(-c5ccccc5)c5ccccc45)c4ccccc34)ccc1n2-c1ccccc1. The summed E-state index contributed by atoms with van der Waals surface area (Å²) in [6.07, 6.45) is 0. The van der Waals surface area contributed by atoms with Gasteiger partial charge in [-0.2, -0.15) is 5.26 Å². The Hall–Kier alpha value is -7.47. The van der Waals surface area contributed by atoms with E-state index in [1.54, 1.807) is 0 Å². The summed E-state index contributed by atoms with van der Waals surface area (Å²) >= 11 is 0. The van der Waals surface area contributed by atoms with Gasteiger partial charge in [0.1, 0.15) is 0 Å². The fraction of sp³-hybridized carbons (Fsp3) is 0. The van der Waals surface area contributed by atoms with Crippen LogP contribution in [0.3, 0.4) is 0 Å². The predicted molar refractivity (Wildman–Crippen MR) is 232 cm³/mol. The Morgan fingerprint density at radius 3 is 1.16 bits per heavy atom. The van der Waals surface area contributed by atoms with Crippen molar-refractivity contribution in [3.8, 4) is 45.1 Å². The molecule has 0 saturated heterocycles. The molecule has 0 unspecified atom stereocenters. The minimum atomic E-state index is 0.656. The molecule has 2 nitrogen and oxygen atoms in total. The summed E-state index contributed by atoms with van der Waals surface area (Å²) in [5.74, 6) is 0. The van der Waals surface area contributed by atoms with Crippen LogP contribution in [0.2, 0.25) is 0 Å². The standard InChI is InChI=1S/C53H32N2/c54-33-34-27-29-48-46(31-34)47-32-36(28-30-49(47)55(48)37-17-5-2-6-18-37)51-40-21-9-13-25-44(40)53(45-26-14-10-22-41(45)51)52-42-23-11-7-19-38(42)50(35-15-3-1-4-16-35)39-20-8-12-24-43(39)52/h1-32H. The van der Waals surface area contributed by atoms with Crippen LogP contribution in [-0.2, 0) is 0 Å². The summed E-state index contributed by atoms with van der Waals surface area (Å²) in [7, 11) is 0. The van der Waals surface area contributed by atoms with Gasteiger partial charge in [-0.3, -0.25) is 0 Å². The Morgan fingerprint density at radius 2 is 0.691 bits per heavy atom. The molecule has 11 aromatic rings. The van der Waals surface area contributed by atoms with Crippen molar-refractivity contribution in [2.75, 3.05) is 0 Å². The van der Waals surface area contributed by atoms with Crippen LogP contribution in [-0.4, -0.2) is 4.57 Å². The van der Waals surface area contributed by atoms with E-state index < -0.39 is 0 Å². The molecule has 2 heteroatoms. The number of aromatic nitrogens is 1. The number of hydrogen-bond acceptors (Lipinski definition) is 1. The van der Waals surface area contributed by atoms with Crippen LogP contribution in [0.5, 0.6) is 0 Å². The van der Waals surface area contributed by atoms with Crippen LogP contribution in [0.15, 0.2) is 194 Å². The number of benzene rings is 10. The van der Waals surface area contributed by atoms with Crippen LogP contribution in [0.1, 0.15) is 5.56 Å². The number of nitrogens with zero attached hydrogens (tertiary/aromatic N) is 2. The predicted octanol–water partition coefficient (Wildman–Crippen LogP) is 14.3. The van der Waals surface area contributed by atoms with E-state index in [0.29, 0.717) is 5.56 Å². The van der Waals surface area contributed by atoms with E-state index in [1.165, 1.54) is 70.9 Å². The van der Waals surface area contributed by atoms with E-state index in [-0.39, 0.29) is 0 Å². The van der Waals surface area contributed by atoms with Crippen molar-refractivity contribution in [2.45, 2.75) is 0 Å². The highest BCUT2D eigenvalue weighted by Crippen LogP contribution is 2.50. The quantitative estimate of drug-likeness (QED) is 0.168. The molecule has 0 bridgehead atoms. The molecule has 11 rings (SSSR count). The van der Waals surface area contributed by atoms with Gasteiger partial charge in [-0.05, 0) is 119 Å². The Morgan fingerprint density at radius 1 is 0.309 bits per heavy atom. The van der Waals surface area contributed by atoms with Crippen LogP contribution in [0.25, 0.3) is 104 Å². The van der Waals surface area contributed by atoms with E-state index in [1.807, 2.05) is 18.2 Å². The van der Waals surface area contributed by atoms with Crippen LogP contribution in [0, 0.1) is 11.3 Å². The molecule has 0 fully saturated rings. The zero-order valence-electron chi connectivity index (χ0n) is 29.9. The van der Waals surface area contributed by atoms with Gasteiger partial charge < -0.3 is 4.57 Å². The normalized spacial score (nSPS) is 11.6. The minimum Gasteiger partial charge on any atom is -0.309 e. The van der Waals surface area contributed by atoms with Gasteiger partial charge in [-0.25, -0.2) is 0 Å². The van der Waals surface area contributed by atoms with Crippen LogP contribution in [0.4, 0.5) is 0 Å². The maximum Gasteiger partial charge on any atom is 0.0991 e. The van der Waals surface area contributed by atoms with Gasteiger partial charge in [-0.15, -0.1) is 0 Å². The van der Waals surface area contributed by atoms with E-state index in [0.717, 1.165) is 33.1 Å². The van der Waals surface area contributed by atoms with Crippen molar-refractivity contribution in [1.29, 1.82) is 5.26 Å². The summed E-state index contributed by atoms with van der Waals surface area (Å²) in [5.41, 5.74) is 11.3. The molecule has 0 spiro atoms. The maximum absolute atomic E-state index is 9.93.